The maximum Gasteiger partial charge on any atom is 0.222 e. The molecule has 0 spiro atoms. The van der Waals surface area contributed by atoms with Crippen molar-refractivity contribution in [2.24, 2.45) is 5.92 Å². The molecule has 1 fully saturated rings. The number of rotatable bonds is 7. The fraction of sp³-hybridized carbons (Fsp3) is 0.909. The molecule has 0 aromatic heterocycles. The highest BCUT2D eigenvalue weighted by Gasteiger charge is 2.27. The van der Waals surface area contributed by atoms with Gasteiger partial charge in [0.25, 0.3) is 0 Å². The van der Waals surface area contributed by atoms with Crippen LogP contribution in [-0.2, 0) is 9.53 Å². The third-order valence-electron chi connectivity index (χ3n) is 2.58. The first-order chi connectivity index (χ1) is 7.27. The van der Waals surface area contributed by atoms with Crippen LogP contribution >= 0.6 is 15.9 Å². The fourth-order valence-corrected chi connectivity index (χ4v) is 2.21. The van der Waals surface area contributed by atoms with Gasteiger partial charge in [-0.25, -0.2) is 0 Å². The number of halogens is 1. The van der Waals surface area contributed by atoms with Crippen molar-refractivity contribution in [3.05, 3.63) is 0 Å². The zero-order chi connectivity index (χ0) is 11.1. The van der Waals surface area contributed by atoms with E-state index in [-0.39, 0.29) is 0 Å². The van der Waals surface area contributed by atoms with Crippen molar-refractivity contribution in [2.75, 3.05) is 31.6 Å². The number of nitrogens with zero attached hydrogens (tertiary/aromatic N) is 1. The molecule has 0 aromatic rings. The van der Waals surface area contributed by atoms with Crippen LogP contribution in [0.1, 0.15) is 26.2 Å². The molecule has 1 unspecified atom stereocenters. The minimum atomic E-state index is 0.301. The van der Waals surface area contributed by atoms with Crippen molar-refractivity contribution in [1.82, 2.24) is 4.90 Å². The van der Waals surface area contributed by atoms with Crippen molar-refractivity contribution < 1.29 is 9.53 Å². The minimum absolute atomic E-state index is 0.301. The van der Waals surface area contributed by atoms with Gasteiger partial charge < -0.3 is 9.64 Å². The number of carbonyl (C=O) groups excluding carboxylic acids is 1. The quantitative estimate of drug-likeness (QED) is 0.527. The summed E-state index contributed by atoms with van der Waals surface area (Å²) in [6.07, 6.45) is 2.73. The highest BCUT2D eigenvalue weighted by molar-refractivity contribution is 9.09. The second kappa shape index (κ2) is 7.23. The van der Waals surface area contributed by atoms with Gasteiger partial charge >= 0.3 is 0 Å². The number of hydrogen-bond donors (Lipinski definition) is 0. The van der Waals surface area contributed by atoms with E-state index in [1.807, 2.05) is 4.90 Å². The lowest BCUT2D eigenvalue weighted by molar-refractivity contribution is -0.127. The Hall–Kier alpha value is -0.0900. The number of ether oxygens (including phenoxy) is 1. The summed E-state index contributed by atoms with van der Waals surface area (Å²) in [6, 6.07) is 0. The van der Waals surface area contributed by atoms with Crippen molar-refractivity contribution in [2.45, 2.75) is 26.2 Å². The zero-order valence-electron chi connectivity index (χ0n) is 9.38. The third-order valence-corrected chi connectivity index (χ3v) is 3.49. The predicted octanol–water partition coefficient (Wildman–Crippen LogP) is 2.05. The Kier molecular flexibility index (Phi) is 6.25. The van der Waals surface area contributed by atoms with Gasteiger partial charge in [0, 0.05) is 38.1 Å². The molecular weight excluding hydrogens is 258 g/mol. The molecule has 3 nitrogen and oxygen atoms in total. The van der Waals surface area contributed by atoms with Crippen LogP contribution in [0, 0.1) is 5.92 Å². The van der Waals surface area contributed by atoms with Gasteiger partial charge in [-0.2, -0.15) is 0 Å². The average molecular weight is 278 g/mol. The molecule has 1 saturated heterocycles. The van der Waals surface area contributed by atoms with Gasteiger partial charge in [-0.1, -0.05) is 22.9 Å². The first kappa shape index (κ1) is 13.0. The molecule has 1 aliphatic rings. The lowest BCUT2D eigenvalue weighted by atomic mass is 10.2. The van der Waals surface area contributed by atoms with Crippen LogP contribution in [0.5, 0.6) is 0 Å². The number of carbonyl (C=O) groups is 1. The molecule has 1 heterocycles. The van der Waals surface area contributed by atoms with E-state index < -0.39 is 0 Å². The number of alkyl halides is 1. The first-order valence-electron chi connectivity index (χ1n) is 5.69. The smallest absolute Gasteiger partial charge is 0.222 e. The van der Waals surface area contributed by atoms with Crippen LogP contribution in [-0.4, -0.2) is 42.4 Å². The summed E-state index contributed by atoms with van der Waals surface area (Å²) in [6.45, 7) is 5.48. The fourth-order valence-electron chi connectivity index (χ4n) is 1.78. The van der Waals surface area contributed by atoms with E-state index in [0.29, 0.717) is 18.2 Å². The second-order valence-electron chi connectivity index (χ2n) is 4.03. The molecule has 15 heavy (non-hydrogen) atoms. The number of likely N-dealkylation sites (tertiary alicyclic amines) is 1. The topological polar surface area (TPSA) is 29.5 Å². The van der Waals surface area contributed by atoms with Crippen LogP contribution in [0.25, 0.3) is 0 Å². The summed E-state index contributed by atoms with van der Waals surface area (Å²) in [5, 5.41) is 0.932. The van der Waals surface area contributed by atoms with Crippen molar-refractivity contribution in [1.29, 1.82) is 0 Å². The Morgan fingerprint density at radius 3 is 2.93 bits per heavy atom. The van der Waals surface area contributed by atoms with Gasteiger partial charge in [0.2, 0.25) is 5.91 Å². The molecule has 1 aliphatic heterocycles. The summed E-state index contributed by atoms with van der Waals surface area (Å²) in [7, 11) is 0. The van der Waals surface area contributed by atoms with Crippen LogP contribution in [0.3, 0.4) is 0 Å². The highest BCUT2D eigenvalue weighted by Crippen LogP contribution is 2.19. The third kappa shape index (κ3) is 4.51. The van der Waals surface area contributed by atoms with E-state index in [4.69, 9.17) is 4.74 Å². The Bertz CT molecular complexity index is 199. The second-order valence-corrected chi connectivity index (χ2v) is 4.68. The molecule has 0 bridgehead atoms. The van der Waals surface area contributed by atoms with Crippen molar-refractivity contribution in [3.63, 3.8) is 0 Å². The van der Waals surface area contributed by atoms with Gasteiger partial charge in [0.1, 0.15) is 0 Å². The molecular formula is C11H20BrNO2. The summed E-state index contributed by atoms with van der Waals surface area (Å²) in [4.78, 5) is 13.5. The first-order valence-corrected chi connectivity index (χ1v) is 6.81. The molecule has 1 amide bonds. The van der Waals surface area contributed by atoms with E-state index in [1.54, 1.807) is 0 Å². The predicted molar refractivity (Wildman–Crippen MR) is 64.2 cm³/mol. The van der Waals surface area contributed by atoms with E-state index in [9.17, 15) is 4.79 Å². The summed E-state index contributed by atoms with van der Waals surface area (Å²) in [5.74, 6) is 0.809. The van der Waals surface area contributed by atoms with Crippen LogP contribution in [0.2, 0.25) is 0 Å². The highest BCUT2D eigenvalue weighted by atomic mass is 79.9. The summed E-state index contributed by atoms with van der Waals surface area (Å²) < 4.78 is 5.38. The Balaban J connectivity index is 2.08. The summed E-state index contributed by atoms with van der Waals surface area (Å²) >= 11 is 3.43. The standard InChI is InChI=1S/C11H20BrNO2/c1-2-5-15-6-3-4-13-9-10(8-12)7-11(13)14/h10H,2-9H2,1H3. The van der Waals surface area contributed by atoms with E-state index in [2.05, 4.69) is 22.9 Å². The lowest BCUT2D eigenvalue weighted by Crippen LogP contribution is -2.27. The SMILES string of the molecule is CCCOCCCN1CC(CBr)CC1=O. The average Bonchev–Trinajstić information content (AvgIpc) is 2.59. The zero-order valence-corrected chi connectivity index (χ0v) is 11.0. The van der Waals surface area contributed by atoms with Crippen LogP contribution in [0.15, 0.2) is 0 Å². The molecule has 0 saturated carbocycles. The molecule has 4 heteroatoms. The van der Waals surface area contributed by atoms with Crippen molar-refractivity contribution >= 4 is 21.8 Å². The Morgan fingerprint density at radius 2 is 2.33 bits per heavy atom. The maximum atomic E-state index is 11.5. The van der Waals surface area contributed by atoms with Crippen molar-refractivity contribution in [3.8, 4) is 0 Å². The van der Waals surface area contributed by atoms with Gasteiger partial charge in [-0.15, -0.1) is 0 Å². The van der Waals surface area contributed by atoms with E-state index >= 15 is 0 Å². The molecule has 0 N–H and O–H groups in total. The van der Waals surface area contributed by atoms with Gasteiger partial charge in [-0.05, 0) is 18.8 Å². The molecule has 0 aliphatic carbocycles. The molecule has 1 atom stereocenters. The molecule has 88 valence electrons. The van der Waals surface area contributed by atoms with Gasteiger partial charge in [0.05, 0.1) is 0 Å². The molecule has 0 aromatic carbocycles. The Labute approximate surface area is 100 Å². The van der Waals surface area contributed by atoms with Gasteiger partial charge in [-0.3, -0.25) is 4.79 Å². The maximum absolute atomic E-state index is 11.5. The van der Waals surface area contributed by atoms with Crippen LogP contribution in [0.4, 0.5) is 0 Å². The molecule has 0 radical (unpaired) electrons. The normalized spacial score (nSPS) is 21.3. The largest absolute Gasteiger partial charge is 0.381 e. The monoisotopic (exact) mass is 277 g/mol. The van der Waals surface area contributed by atoms with Crippen LogP contribution < -0.4 is 0 Å². The lowest BCUT2D eigenvalue weighted by Gasteiger charge is -2.15. The van der Waals surface area contributed by atoms with E-state index in [1.165, 1.54) is 0 Å². The summed E-state index contributed by atoms with van der Waals surface area (Å²) in [5.41, 5.74) is 0. The van der Waals surface area contributed by atoms with E-state index in [0.717, 1.165) is 44.5 Å². The minimum Gasteiger partial charge on any atom is -0.381 e. The van der Waals surface area contributed by atoms with Gasteiger partial charge in [0.15, 0.2) is 0 Å². The number of amides is 1. The Morgan fingerprint density at radius 1 is 1.53 bits per heavy atom. The number of hydrogen-bond acceptors (Lipinski definition) is 2. The molecule has 1 rings (SSSR count).